The van der Waals surface area contributed by atoms with E-state index in [-0.39, 0.29) is 5.82 Å². The molecule has 0 amide bonds. The summed E-state index contributed by atoms with van der Waals surface area (Å²) in [7, 11) is 0. The van der Waals surface area contributed by atoms with Gasteiger partial charge in [-0.15, -0.1) is 0 Å². The molecule has 2 aromatic heterocycles. The van der Waals surface area contributed by atoms with E-state index in [0.29, 0.717) is 11.6 Å². The molecule has 0 saturated heterocycles. The van der Waals surface area contributed by atoms with Crippen molar-refractivity contribution in [2.75, 3.05) is 5.32 Å². The molecule has 3 nitrogen and oxygen atoms in total. The van der Waals surface area contributed by atoms with E-state index in [1.54, 1.807) is 18.3 Å². The summed E-state index contributed by atoms with van der Waals surface area (Å²) >= 11 is 5.91. The maximum atomic E-state index is 13.0. The SMILES string of the molecule is Fc1cccc(NCc2cn3cc(Cl)ccc3n2)c1. The Morgan fingerprint density at radius 1 is 1.21 bits per heavy atom. The minimum Gasteiger partial charge on any atom is -0.379 e. The van der Waals surface area contributed by atoms with Crippen LogP contribution in [-0.4, -0.2) is 9.38 Å². The van der Waals surface area contributed by atoms with Gasteiger partial charge in [0.2, 0.25) is 0 Å². The number of anilines is 1. The summed E-state index contributed by atoms with van der Waals surface area (Å²) in [5.74, 6) is -0.258. The predicted molar refractivity (Wildman–Crippen MR) is 73.9 cm³/mol. The predicted octanol–water partition coefficient (Wildman–Crippen LogP) is 3.74. The van der Waals surface area contributed by atoms with E-state index in [0.717, 1.165) is 17.0 Å². The summed E-state index contributed by atoms with van der Waals surface area (Å²) < 4.78 is 14.9. The van der Waals surface area contributed by atoms with Crippen LogP contribution in [-0.2, 0) is 6.54 Å². The molecule has 0 aliphatic heterocycles. The van der Waals surface area contributed by atoms with Gasteiger partial charge in [0.15, 0.2) is 0 Å². The van der Waals surface area contributed by atoms with Crippen molar-refractivity contribution in [1.82, 2.24) is 9.38 Å². The third kappa shape index (κ3) is 2.69. The molecule has 2 heterocycles. The molecule has 0 unspecified atom stereocenters. The molecule has 5 heteroatoms. The Morgan fingerprint density at radius 3 is 2.95 bits per heavy atom. The van der Waals surface area contributed by atoms with Gasteiger partial charge in [-0.2, -0.15) is 0 Å². The van der Waals surface area contributed by atoms with Gasteiger partial charge in [0.25, 0.3) is 0 Å². The molecule has 0 fully saturated rings. The zero-order valence-electron chi connectivity index (χ0n) is 9.98. The highest BCUT2D eigenvalue weighted by molar-refractivity contribution is 6.30. The molecule has 96 valence electrons. The zero-order chi connectivity index (χ0) is 13.2. The molecule has 0 saturated carbocycles. The maximum absolute atomic E-state index is 13.0. The Balaban J connectivity index is 1.78. The molecule has 0 aliphatic carbocycles. The van der Waals surface area contributed by atoms with Crippen LogP contribution in [0.4, 0.5) is 10.1 Å². The molecule has 0 aliphatic rings. The molecule has 0 atom stereocenters. The summed E-state index contributed by atoms with van der Waals surface area (Å²) in [5.41, 5.74) is 2.43. The van der Waals surface area contributed by atoms with E-state index >= 15 is 0 Å². The van der Waals surface area contributed by atoms with E-state index in [4.69, 9.17) is 11.6 Å². The fourth-order valence-corrected chi connectivity index (χ4v) is 2.06. The summed E-state index contributed by atoms with van der Waals surface area (Å²) in [6.07, 6.45) is 3.70. The fourth-order valence-electron chi connectivity index (χ4n) is 1.89. The first-order chi connectivity index (χ1) is 9.20. The molecule has 19 heavy (non-hydrogen) atoms. The van der Waals surface area contributed by atoms with Crippen molar-refractivity contribution in [2.24, 2.45) is 0 Å². The first-order valence-corrected chi connectivity index (χ1v) is 6.21. The van der Waals surface area contributed by atoms with Gasteiger partial charge in [0.1, 0.15) is 11.5 Å². The number of aromatic nitrogens is 2. The van der Waals surface area contributed by atoms with Crippen LogP contribution in [0.1, 0.15) is 5.69 Å². The maximum Gasteiger partial charge on any atom is 0.137 e. The van der Waals surface area contributed by atoms with E-state index in [2.05, 4.69) is 10.3 Å². The average Bonchev–Trinajstić information content (AvgIpc) is 2.78. The number of halogens is 2. The van der Waals surface area contributed by atoms with Gasteiger partial charge >= 0.3 is 0 Å². The van der Waals surface area contributed by atoms with Crippen LogP contribution in [0.3, 0.4) is 0 Å². The normalized spacial score (nSPS) is 10.8. The Kier molecular flexibility index (Phi) is 3.09. The number of hydrogen-bond donors (Lipinski definition) is 1. The van der Waals surface area contributed by atoms with Crippen LogP contribution in [0.5, 0.6) is 0 Å². The van der Waals surface area contributed by atoms with Crippen molar-refractivity contribution in [3.05, 3.63) is 65.3 Å². The molecule has 0 radical (unpaired) electrons. The van der Waals surface area contributed by atoms with E-state index in [1.807, 2.05) is 22.7 Å². The molecule has 1 N–H and O–H groups in total. The van der Waals surface area contributed by atoms with Crippen LogP contribution in [0.25, 0.3) is 5.65 Å². The van der Waals surface area contributed by atoms with Crippen LogP contribution in [0.2, 0.25) is 5.02 Å². The molecule has 3 rings (SSSR count). The molecule has 0 spiro atoms. The standard InChI is InChI=1S/C14H11ClFN3/c15-10-4-5-14-18-13(9-19(14)8-10)7-17-12-3-1-2-11(16)6-12/h1-6,8-9,17H,7H2. The lowest BCUT2D eigenvalue weighted by Gasteiger charge is -2.03. The molecular formula is C14H11ClFN3. The summed E-state index contributed by atoms with van der Waals surface area (Å²) in [5, 5.41) is 3.79. The van der Waals surface area contributed by atoms with Crippen molar-refractivity contribution >= 4 is 22.9 Å². The highest BCUT2D eigenvalue weighted by Crippen LogP contribution is 2.14. The van der Waals surface area contributed by atoms with Gasteiger partial charge < -0.3 is 9.72 Å². The van der Waals surface area contributed by atoms with E-state index < -0.39 is 0 Å². The summed E-state index contributed by atoms with van der Waals surface area (Å²) in [6, 6.07) is 10.0. The molecule has 3 aromatic rings. The Hall–Kier alpha value is -2.07. The van der Waals surface area contributed by atoms with Gasteiger partial charge in [-0.1, -0.05) is 17.7 Å². The Bertz CT molecular complexity index is 724. The van der Waals surface area contributed by atoms with Gasteiger partial charge in [-0.3, -0.25) is 0 Å². The number of rotatable bonds is 3. The minimum absolute atomic E-state index is 0.258. The van der Waals surface area contributed by atoms with Crippen molar-refractivity contribution in [1.29, 1.82) is 0 Å². The quantitative estimate of drug-likeness (QED) is 0.789. The topological polar surface area (TPSA) is 29.3 Å². The number of fused-ring (bicyclic) bond motifs is 1. The van der Waals surface area contributed by atoms with Gasteiger partial charge in [0.05, 0.1) is 17.3 Å². The molecule has 0 bridgehead atoms. The summed E-state index contributed by atoms with van der Waals surface area (Å²) in [4.78, 5) is 4.44. The third-order valence-corrected chi connectivity index (χ3v) is 2.99. The molecule has 1 aromatic carbocycles. The monoisotopic (exact) mass is 275 g/mol. The van der Waals surface area contributed by atoms with E-state index in [1.165, 1.54) is 12.1 Å². The second-order valence-electron chi connectivity index (χ2n) is 4.21. The molecular weight excluding hydrogens is 265 g/mol. The Morgan fingerprint density at radius 2 is 2.11 bits per heavy atom. The largest absolute Gasteiger partial charge is 0.379 e. The van der Waals surface area contributed by atoms with Crippen LogP contribution >= 0.6 is 11.6 Å². The number of imidazole rings is 1. The highest BCUT2D eigenvalue weighted by atomic mass is 35.5. The number of nitrogens with zero attached hydrogens (tertiary/aromatic N) is 2. The second kappa shape index (κ2) is 4.90. The second-order valence-corrected chi connectivity index (χ2v) is 4.65. The first-order valence-electron chi connectivity index (χ1n) is 5.83. The number of hydrogen-bond acceptors (Lipinski definition) is 2. The zero-order valence-corrected chi connectivity index (χ0v) is 10.7. The highest BCUT2D eigenvalue weighted by Gasteiger charge is 2.02. The van der Waals surface area contributed by atoms with Crippen LogP contribution < -0.4 is 5.32 Å². The van der Waals surface area contributed by atoms with Crippen molar-refractivity contribution in [3.63, 3.8) is 0 Å². The lowest BCUT2D eigenvalue weighted by molar-refractivity contribution is 0.628. The lowest BCUT2D eigenvalue weighted by Crippen LogP contribution is -1.99. The van der Waals surface area contributed by atoms with Crippen LogP contribution in [0.15, 0.2) is 48.8 Å². The average molecular weight is 276 g/mol. The van der Waals surface area contributed by atoms with Gasteiger partial charge in [0, 0.05) is 18.1 Å². The number of nitrogens with one attached hydrogen (secondary N) is 1. The Labute approximate surface area is 114 Å². The number of benzene rings is 1. The van der Waals surface area contributed by atoms with Gasteiger partial charge in [-0.05, 0) is 30.3 Å². The lowest BCUT2D eigenvalue weighted by atomic mass is 10.3. The van der Waals surface area contributed by atoms with E-state index in [9.17, 15) is 4.39 Å². The third-order valence-electron chi connectivity index (χ3n) is 2.76. The first kappa shape index (κ1) is 12.0. The smallest absolute Gasteiger partial charge is 0.137 e. The number of pyridine rings is 1. The van der Waals surface area contributed by atoms with Gasteiger partial charge in [-0.25, -0.2) is 9.37 Å². The van der Waals surface area contributed by atoms with Crippen molar-refractivity contribution < 1.29 is 4.39 Å². The van der Waals surface area contributed by atoms with Crippen LogP contribution in [0, 0.1) is 5.82 Å². The fraction of sp³-hybridized carbons (Fsp3) is 0.0714. The summed E-state index contributed by atoms with van der Waals surface area (Å²) in [6.45, 7) is 0.531. The minimum atomic E-state index is -0.258. The van der Waals surface area contributed by atoms with Crippen molar-refractivity contribution in [2.45, 2.75) is 6.54 Å². The van der Waals surface area contributed by atoms with Crippen molar-refractivity contribution in [3.8, 4) is 0 Å².